The number of nitrogens with one attached hydrogen (secondary N) is 1. The molecule has 0 saturated heterocycles. The van der Waals surface area contributed by atoms with Crippen molar-refractivity contribution in [3.63, 3.8) is 0 Å². The van der Waals surface area contributed by atoms with Crippen LogP contribution in [0.1, 0.15) is 37.6 Å². The summed E-state index contributed by atoms with van der Waals surface area (Å²) in [7, 11) is 0. The van der Waals surface area contributed by atoms with Gasteiger partial charge in [0, 0.05) is 23.6 Å². The number of amides is 1. The predicted molar refractivity (Wildman–Crippen MR) is 60.5 cm³/mol. The minimum absolute atomic E-state index is 0.174. The number of nitrogen functional groups attached to an aromatic ring is 1. The van der Waals surface area contributed by atoms with E-state index in [0.717, 1.165) is 6.42 Å². The lowest BCUT2D eigenvalue weighted by molar-refractivity contribution is 0.0912. The first-order chi connectivity index (χ1) is 6.96. The highest BCUT2D eigenvalue weighted by Crippen LogP contribution is 2.12. The molecular weight excluding hydrogens is 190 g/mol. The fourth-order valence-electron chi connectivity index (χ4n) is 1.06. The summed E-state index contributed by atoms with van der Waals surface area (Å²) < 4.78 is 0. The Bertz CT molecular complexity index is 361. The number of hydrogen-bond donors (Lipinski definition) is 2. The van der Waals surface area contributed by atoms with Crippen molar-refractivity contribution in [1.29, 1.82) is 0 Å². The summed E-state index contributed by atoms with van der Waals surface area (Å²) >= 11 is 0. The van der Waals surface area contributed by atoms with Crippen molar-refractivity contribution < 1.29 is 4.79 Å². The number of aromatic nitrogens is 1. The van der Waals surface area contributed by atoms with E-state index in [-0.39, 0.29) is 11.4 Å². The Morgan fingerprint density at radius 2 is 2.27 bits per heavy atom. The van der Waals surface area contributed by atoms with Gasteiger partial charge in [0.05, 0.1) is 5.56 Å². The Labute approximate surface area is 89.9 Å². The molecular formula is C11H17N3O. The second kappa shape index (κ2) is 4.29. The van der Waals surface area contributed by atoms with Crippen LogP contribution in [0.15, 0.2) is 18.5 Å². The van der Waals surface area contributed by atoms with Crippen LogP contribution in [0, 0.1) is 0 Å². The second-order valence-corrected chi connectivity index (χ2v) is 4.15. The number of rotatable bonds is 3. The first-order valence-corrected chi connectivity index (χ1v) is 4.98. The van der Waals surface area contributed by atoms with E-state index in [1.54, 1.807) is 12.3 Å². The van der Waals surface area contributed by atoms with Crippen molar-refractivity contribution in [1.82, 2.24) is 10.3 Å². The van der Waals surface area contributed by atoms with Gasteiger partial charge in [0.25, 0.3) is 5.91 Å². The molecule has 1 heterocycles. The summed E-state index contributed by atoms with van der Waals surface area (Å²) in [6, 6.07) is 1.62. The highest BCUT2D eigenvalue weighted by atomic mass is 16.1. The smallest absolute Gasteiger partial charge is 0.255 e. The maximum Gasteiger partial charge on any atom is 0.255 e. The highest BCUT2D eigenvalue weighted by Gasteiger charge is 2.19. The Morgan fingerprint density at radius 1 is 1.60 bits per heavy atom. The fourth-order valence-corrected chi connectivity index (χ4v) is 1.06. The molecule has 0 saturated carbocycles. The zero-order valence-corrected chi connectivity index (χ0v) is 9.37. The Balaban J connectivity index is 2.83. The van der Waals surface area contributed by atoms with E-state index in [1.807, 2.05) is 20.8 Å². The van der Waals surface area contributed by atoms with Crippen LogP contribution in [0.3, 0.4) is 0 Å². The van der Waals surface area contributed by atoms with Crippen molar-refractivity contribution >= 4 is 11.6 Å². The average Bonchev–Trinajstić information content (AvgIpc) is 2.17. The van der Waals surface area contributed by atoms with E-state index in [2.05, 4.69) is 10.3 Å². The molecule has 4 nitrogen and oxygen atoms in total. The van der Waals surface area contributed by atoms with Crippen molar-refractivity contribution in [3.8, 4) is 0 Å². The predicted octanol–water partition coefficient (Wildman–Crippen LogP) is 1.58. The molecule has 0 aliphatic rings. The van der Waals surface area contributed by atoms with E-state index in [1.165, 1.54) is 6.20 Å². The molecule has 0 radical (unpaired) electrons. The lowest BCUT2D eigenvalue weighted by atomic mass is 10.0. The van der Waals surface area contributed by atoms with Gasteiger partial charge >= 0.3 is 0 Å². The van der Waals surface area contributed by atoms with Crippen LogP contribution in [0.25, 0.3) is 0 Å². The molecule has 0 aromatic carbocycles. The third-order valence-electron chi connectivity index (χ3n) is 2.44. The van der Waals surface area contributed by atoms with Gasteiger partial charge in [-0.3, -0.25) is 9.78 Å². The van der Waals surface area contributed by atoms with E-state index in [4.69, 9.17) is 5.73 Å². The quantitative estimate of drug-likeness (QED) is 0.790. The first kappa shape index (κ1) is 11.5. The monoisotopic (exact) mass is 207 g/mol. The van der Waals surface area contributed by atoms with Crippen LogP contribution in [0.2, 0.25) is 0 Å². The number of carbonyl (C=O) groups excluding carboxylic acids is 1. The molecule has 0 fully saturated rings. The summed E-state index contributed by atoms with van der Waals surface area (Å²) in [6.45, 7) is 5.96. The standard InChI is InChI=1S/C11H17N3O/c1-4-11(2,3)14-10(15)8-7-13-6-5-9(8)12/h5-7H,4H2,1-3H3,(H2,12,13)(H,14,15). The summed E-state index contributed by atoms with van der Waals surface area (Å²) in [6.07, 6.45) is 3.91. The summed E-state index contributed by atoms with van der Waals surface area (Å²) in [5.41, 5.74) is 6.34. The van der Waals surface area contributed by atoms with Gasteiger partial charge in [0.15, 0.2) is 0 Å². The molecule has 4 heteroatoms. The number of hydrogen-bond acceptors (Lipinski definition) is 3. The molecule has 1 amide bonds. The van der Waals surface area contributed by atoms with Crippen LogP contribution in [0.4, 0.5) is 5.69 Å². The topological polar surface area (TPSA) is 68.0 Å². The van der Waals surface area contributed by atoms with Gasteiger partial charge < -0.3 is 11.1 Å². The lowest BCUT2D eigenvalue weighted by Crippen LogP contribution is -2.43. The third-order valence-corrected chi connectivity index (χ3v) is 2.44. The molecule has 82 valence electrons. The number of carbonyl (C=O) groups is 1. The maximum absolute atomic E-state index is 11.8. The van der Waals surface area contributed by atoms with Crippen LogP contribution in [-0.2, 0) is 0 Å². The summed E-state index contributed by atoms with van der Waals surface area (Å²) in [5, 5.41) is 2.90. The molecule has 0 aliphatic heterocycles. The van der Waals surface area contributed by atoms with Crippen molar-refractivity contribution in [2.24, 2.45) is 0 Å². The highest BCUT2D eigenvalue weighted by molar-refractivity contribution is 5.99. The van der Waals surface area contributed by atoms with Gasteiger partial charge in [-0.1, -0.05) is 6.92 Å². The van der Waals surface area contributed by atoms with Gasteiger partial charge in [0.2, 0.25) is 0 Å². The normalized spacial score (nSPS) is 11.1. The summed E-state index contributed by atoms with van der Waals surface area (Å²) in [4.78, 5) is 15.7. The van der Waals surface area contributed by atoms with Crippen molar-refractivity contribution in [2.75, 3.05) is 5.73 Å². The fraction of sp³-hybridized carbons (Fsp3) is 0.455. The average molecular weight is 207 g/mol. The second-order valence-electron chi connectivity index (χ2n) is 4.15. The maximum atomic E-state index is 11.8. The molecule has 0 aliphatic carbocycles. The Morgan fingerprint density at radius 3 is 2.80 bits per heavy atom. The SMILES string of the molecule is CCC(C)(C)NC(=O)c1cnccc1N. The minimum Gasteiger partial charge on any atom is -0.398 e. The first-order valence-electron chi connectivity index (χ1n) is 4.98. The largest absolute Gasteiger partial charge is 0.398 e. The number of anilines is 1. The van der Waals surface area contributed by atoms with E-state index in [0.29, 0.717) is 11.3 Å². The molecule has 15 heavy (non-hydrogen) atoms. The van der Waals surface area contributed by atoms with Crippen molar-refractivity contribution in [3.05, 3.63) is 24.0 Å². The van der Waals surface area contributed by atoms with E-state index in [9.17, 15) is 4.79 Å². The Hall–Kier alpha value is -1.58. The van der Waals surface area contributed by atoms with Gasteiger partial charge in [-0.05, 0) is 26.3 Å². The van der Waals surface area contributed by atoms with E-state index >= 15 is 0 Å². The Kier molecular flexibility index (Phi) is 3.29. The molecule has 0 spiro atoms. The van der Waals surface area contributed by atoms with Crippen LogP contribution in [-0.4, -0.2) is 16.4 Å². The van der Waals surface area contributed by atoms with Crippen LogP contribution in [0.5, 0.6) is 0 Å². The molecule has 3 N–H and O–H groups in total. The lowest BCUT2D eigenvalue weighted by Gasteiger charge is -2.24. The molecule has 1 rings (SSSR count). The van der Waals surface area contributed by atoms with Gasteiger partial charge in [0.1, 0.15) is 0 Å². The number of nitrogens with two attached hydrogens (primary N) is 1. The van der Waals surface area contributed by atoms with Gasteiger partial charge in [-0.2, -0.15) is 0 Å². The van der Waals surface area contributed by atoms with Gasteiger partial charge in [-0.15, -0.1) is 0 Å². The zero-order valence-electron chi connectivity index (χ0n) is 9.37. The van der Waals surface area contributed by atoms with E-state index < -0.39 is 0 Å². The van der Waals surface area contributed by atoms with Crippen LogP contribution >= 0.6 is 0 Å². The summed E-state index contributed by atoms with van der Waals surface area (Å²) in [5.74, 6) is -0.174. The zero-order chi connectivity index (χ0) is 11.5. The van der Waals surface area contributed by atoms with Crippen molar-refractivity contribution in [2.45, 2.75) is 32.7 Å². The number of pyridine rings is 1. The molecule has 1 aromatic rings. The molecule has 0 atom stereocenters. The van der Waals surface area contributed by atoms with Gasteiger partial charge in [-0.25, -0.2) is 0 Å². The number of nitrogens with zero attached hydrogens (tertiary/aromatic N) is 1. The minimum atomic E-state index is -0.223. The third kappa shape index (κ3) is 2.94. The van der Waals surface area contributed by atoms with Crippen LogP contribution < -0.4 is 11.1 Å². The molecule has 0 bridgehead atoms. The molecule has 1 aromatic heterocycles. The molecule has 0 unspecified atom stereocenters.